The first-order valence-electron chi connectivity index (χ1n) is 12.1. The van der Waals surface area contributed by atoms with Crippen molar-refractivity contribution in [1.29, 1.82) is 0 Å². The van der Waals surface area contributed by atoms with Crippen LogP contribution in [0.25, 0.3) is 0 Å². The Balaban J connectivity index is 1.27. The highest BCUT2D eigenvalue weighted by atomic mass is 32.2. The minimum absolute atomic E-state index is 0.0342. The quantitative estimate of drug-likeness (QED) is 0.0983. The van der Waals surface area contributed by atoms with Gasteiger partial charge in [-0.25, -0.2) is 4.79 Å². The summed E-state index contributed by atoms with van der Waals surface area (Å²) in [4.78, 5) is 34.6. The van der Waals surface area contributed by atoms with E-state index in [4.69, 9.17) is 25.4 Å². The van der Waals surface area contributed by atoms with Crippen molar-refractivity contribution in [2.45, 2.75) is 43.0 Å². The lowest BCUT2D eigenvalue weighted by molar-refractivity contribution is -0.126. The highest BCUT2D eigenvalue weighted by Crippen LogP contribution is 2.33. The summed E-state index contributed by atoms with van der Waals surface area (Å²) in [5.41, 5.74) is 0. The van der Waals surface area contributed by atoms with Gasteiger partial charge in [0.05, 0.1) is 64.9 Å². The topological polar surface area (TPSA) is 136 Å². The van der Waals surface area contributed by atoms with Crippen LogP contribution in [0.2, 0.25) is 0 Å². The normalized spacial score (nSPS) is 20.5. The number of terminal acetylenes is 1. The van der Waals surface area contributed by atoms with Crippen LogP contribution in [0, 0.1) is 12.3 Å². The third kappa shape index (κ3) is 13.0. The van der Waals surface area contributed by atoms with E-state index < -0.39 is 0 Å². The fraction of sp³-hybridized carbons (Fsp3) is 0.783. The van der Waals surface area contributed by atoms with Gasteiger partial charge >= 0.3 is 6.03 Å². The highest BCUT2D eigenvalue weighted by molar-refractivity contribution is 8.00. The van der Waals surface area contributed by atoms with Gasteiger partial charge in [-0.3, -0.25) is 9.59 Å². The number of carbonyl (C=O) groups is 3. The zero-order chi connectivity index (χ0) is 25.1. The molecule has 2 aliphatic rings. The molecule has 0 aliphatic carbocycles. The number of urea groups is 1. The molecule has 2 aliphatic heterocycles. The van der Waals surface area contributed by atoms with Crippen molar-refractivity contribution in [1.82, 2.24) is 21.3 Å². The number of ether oxygens (including phenoxy) is 4. The Morgan fingerprint density at radius 2 is 1.63 bits per heavy atom. The summed E-state index contributed by atoms with van der Waals surface area (Å²) >= 11 is 1.90. The smallest absolute Gasteiger partial charge is 0.315 e. The lowest BCUT2D eigenvalue weighted by Gasteiger charge is -2.16. The molecule has 0 aromatic carbocycles. The van der Waals surface area contributed by atoms with Crippen LogP contribution in [0.1, 0.15) is 25.7 Å². The zero-order valence-corrected chi connectivity index (χ0v) is 21.0. The van der Waals surface area contributed by atoms with E-state index in [1.807, 2.05) is 11.8 Å². The summed E-state index contributed by atoms with van der Waals surface area (Å²) in [7, 11) is 0. The van der Waals surface area contributed by atoms with Gasteiger partial charge in [0.1, 0.15) is 6.61 Å². The average Bonchev–Trinajstić information content (AvgIpc) is 3.39. The second kappa shape index (κ2) is 18.3. The molecule has 3 atom stereocenters. The molecular weight excluding hydrogens is 476 g/mol. The highest BCUT2D eigenvalue weighted by Gasteiger charge is 2.42. The molecule has 0 radical (unpaired) electrons. The monoisotopic (exact) mass is 514 g/mol. The fourth-order valence-corrected chi connectivity index (χ4v) is 5.19. The molecule has 4 N–H and O–H groups in total. The summed E-state index contributed by atoms with van der Waals surface area (Å²) in [6.07, 6.45) is 8.36. The van der Waals surface area contributed by atoms with E-state index in [1.54, 1.807) is 0 Å². The van der Waals surface area contributed by atoms with Crippen molar-refractivity contribution in [3.05, 3.63) is 0 Å². The molecule has 0 spiro atoms. The van der Waals surface area contributed by atoms with Crippen LogP contribution in [0.3, 0.4) is 0 Å². The third-order valence-corrected chi connectivity index (χ3v) is 6.89. The minimum atomic E-state index is -0.252. The maximum absolute atomic E-state index is 11.9. The van der Waals surface area contributed by atoms with Gasteiger partial charge in [0.2, 0.25) is 11.8 Å². The lowest BCUT2D eigenvalue weighted by atomic mass is 10.0. The molecule has 11 nitrogen and oxygen atoms in total. The van der Waals surface area contributed by atoms with Crippen molar-refractivity contribution in [2.24, 2.45) is 0 Å². The Bertz CT molecular complexity index is 691. The number of thioether (sulfide) groups is 1. The number of fused-ring (bicyclic) bond motifs is 1. The summed E-state index contributed by atoms with van der Waals surface area (Å²) in [6, 6.07) is 0.407. The molecule has 198 valence electrons. The van der Waals surface area contributed by atoms with E-state index in [-0.39, 0.29) is 43.1 Å². The Labute approximate surface area is 211 Å². The van der Waals surface area contributed by atoms with Crippen molar-refractivity contribution < 1.29 is 33.3 Å². The molecule has 35 heavy (non-hydrogen) atoms. The molecule has 2 saturated heterocycles. The largest absolute Gasteiger partial charge is 0.377 e. The van der Waals surface area contributed by atoms with E-state index >= 15 is 0 Å². The Hall–Kier alpha value is -2.04. The Kier molecular flexibility index (Phi) is 15.2. The molecule has 0 aromatic rings. The minimum Gasteiger partial charge on any atom is -0.377 e. The Morgan fingerprint density at radius 1 is 0.943 bits per heavy atom. The van der Waals surface area contributed by atoms with Gasteiger partial charge in [0, 0.05) is 24.0 Å². The zero-order valence-electron chi connectivity index (χ0n) is 20.2. The number of hydrogen-bond donors (Lipinski definition) is 4. The maximum Gasteiger partial charge on any atom is 0.315 e. The molecule has 4 amide bonds. The van der Waals surface area contributed by atoms with Crippen LogP contribution in [-0.4, -0.2) is 107 Å². The second-order valence-electron chi connectivity index (χ2n) is 8.09. The number of hydrogen-bond acceptors (Lipinski definition) is 8. The van der Waals surface area contributed by atoms with Gasteiger partial charge in [0.25, 0.3) is 0 Å². The fourth-order valence-electron chi connectivity index (χ4n) is 3.65. The first-order valence-corrected chi connectivity index (χ1v) is 13.1. The van der Waals surface area contributed by atoms with Gasteiger partial charge in [-0.05, 0) is 12.8 Å². The lowest BCUT2D eigenvalue weighted by Crippen LogP contribution is -2.36. The molecule has 0 aromatic heterocycles. The van der Waals surface area contributed by atoms with Gasteiger partial charge in [-0.1, -0.05) is 12.3 Å². The number of amides is 4. The number of nitrogens with one attached hydrogen (secondary N) is 4. The van der Waals surface area contributed by atoms with E-state index in [0.717, 1.165) is 25.0 Å². The van der Waals surface area contributed by atoms with Gasteiger partial charge < -0.3 is 40.2 Å². The second-order valence-corrected chi connectivity index (χ2v) is 9.36. The number of rotatable bonds is 20. The number of carbonyl (C=O) groups excluding carboxylic acids is 3. The van der Waals surface area contributed by atoms with Crippen LogP contribution < -0.4 is 21.3 Å². The van der Waals surface area contributed by atoms with Crippen molar-refractivity contribution in [3.63, 3.8) is 0 Å². The van der Waals surface area contributed by atoms with Crippen LogP contribution in [0.4, 0.5) is 4.79 Å². The Morgan fingerprint density at radius 3 is 2.34 bits per heavy atom. The van der Waals surface area contributed by atoms with Crippen LogP contribution in [0.15, 0.2) is 0 Å². The van der Waals surface area contributed by atoms with E-state index in [2.05, 4.69) is 27.2 Å². The van der Waals surface area contributed by atoms with Crippen molar-refractivity contribution in [3.8, 4) is 12.3 Å². The van der Waals surface area contributed by atoms with E-state index in [9.17, 15) is 14.4 Å². The molecule has 0 bridgehead atoms. The van der Waals surface area contributed by atoms with Gasteiger partial charge in [0.15, 0.2) is 0 Å². The molecule has 12 heteroatoms. The summed E-state index contributed by atoms with van der Waals surface area (Å²) in [5.74, 6) is 3.05. The SMILES string of the molecule is C#CCNC(=O)COCCOCCOCCOCCNC(=O)CCCC[C@@H]1SC[C@@H]2NC(=O)N[C@@H]21. The van der Waals surface area contributed by atoms with Crippen molar-refractivity contribution >= 4 is 29.6 Å². The third-order valence-electron chi connectivity index (χ3n) is 5.39. The molecular formula is C23H38N4O7S. The summed E-state index contributed by atoms with van der Waals surface area (Å²) in [6.45, 7) is 3.50. The van der Waals surface area contributed by atoms with E-state index in [1.165, 1.54) is 0 Å². The van der Waals surface area contributed by atoms with E-state index in [0.29, 0.717) is 64.5 Å². The predicted molar refractivity (Wildman–Crippen MR) is 132 cm³/mol. The average molecular weight is 515 g/mol. The van der Waals surface area contributed by atoms with Gasteiger partial charge in [-0.15, -0.1) is 6.42 Å². The standard InChI is InChI=1S/C23H38N4O7S/c1-2-7-24-21(29)16-34-15-14-33-13-12-32-11-10-31-9-8-25-20(28)6-4-3-5-19-22-18(17-35-19)26-23(30)27-22/h1,18-19,22H,3-17H2,(H,24,29)(H,25,28)(H2,26,27,30)/t18-,19-,22-/m0/s1. The molecule has 2 rings (SSSR count). The van der Waals surface area contributed by atoms with Gasteiger partial charge in [-0.2, -0.15) is 11.8 Å². The number of unbranched alkanes of at least 4 members (excludes halogenated alkanes) is 1. The summed E-state index contributed by atoms with van der Waals surface area (Å²) in [5, 5.41) is 11.7. The summed E-state index contributed by atoms with van der Waals surface area (Å²) < 4.78 is 21.3. The molecule has 0 saturated carbocycles. The van der Waals surface area contributed by atoms with Crippen LogP contribution in [-0.2, 0) is 28.5 Å². The van der Waals surface area contributed by atoms with Crippen LogP contribution >= 0.6 is 11.8 Å². The maximum atomic E-state index is 11.9. The molecule has 2 fully saturated rings. The predicted octanol–water partition coefficient (Wildman–Crippen LogP) is -0.356. The first-order chi connectivity index (χ1) is 17.1. The molecule has 2 heterocycles. The van der Waals surface area contributed by atoms with Crippen LogP contribution in [0.5, 0.6) is 0 Å². The van der Waals surface area contributed by atoms with Crippen molar-refractivity contribution in [2.75, 3.05) is 71.7 Å². The first kappa shape index (κ1) is 29.2. The molecule has 0 unspecified atom stereocenters.